The van der Waals surface area contributed by atoms with Gasteiger partial charge in [-0.15, -0.1) is 0 Å². The number of rotatable bonds is 2. The molecule has 4 bridgehead atoms. The first-order chi connectivity index (χ1) is 9.74. The van der Waals surface area contributed by atoms with Gasteiger partial charge < -0.3 is 5.73 Å². The van der Waals surface area contributed by atoms with Crippen molar-refractivity contribution in [3.05, 3.63) is 23.4 Å². The number of nitrogens with two attached hydrogens (primary N) is 1. The van der Waals surface area contributed by atoms with Crippen LogP contribution in [0.1, 0.15) is 43.2 Å². The summed E-state index contributed by atoms with van der Waals surface area (Å²) >= 11 is 0. The first-order valence-corrected chi connectivity index (χ1v) is 7.88. The summed E-state index contributed by atoms with van der Waals surface area (Å²) in [5.74, 6) is 4.98. The average molecular weight is 267 g/mol. The van der Waals surface area contributed by atoms with E-state index in [1.165, 1.54) is 32.1 Å². The van der Waals surface area contributed by atoms with E-state index < -0.39 is 0 Å². The fourth-order valence-corrected chi connectivity index (χ4v) is 5.44. The van der Waals surface area contributed by atoms with Crippen LogP contribution in [-0.2, 0) is 6.42 Å². The number of anilines is 1. The minimum atomic E-state index is 0.397. The van der Waals surface area contributed by atoms with Gasteiger partial charge in [-0.1, -0.05) is 0 Å². The Bertz CT molecular complexity index is 544. The number of hydrogen-bond acceptors (Lipinski definition) is 3. The predicted molar refractivity (Wildman–Crippen MR) is 77.6 cm³/mol. The summed E-state index contributed by atoms with van der Waals surface area (Å²) in [5.41, 5.74) is 7.58. The molecule has 0 aliphatic heterocycles. The highest BCUT2D eigenvalue weighted by molar-refractivity contribution is 5.52. The van der Waals surface area contributed by atoms with Crippen molar-refractivity contribution in [1.82, 2.24) is 4.98 Å². The highest BCUT2D eigenvalue weighted by Crippen LogP contribution is 2.57. The lowest BCUT2D eigenvalue weighted by atomic mass is 9.51. The van der Waals surface area contributed by atoms with E-state index in [9.17, 15) is 5.26 Å². The van der Waals surface area contributed by atoms with Gasteiger partial charge in [-0.25, -0.2) is 4.98 Å². The van der Waals surface area contributed by atoms with Crippen LogP contribution in [0, 0.1) is 40.9 Å². The third kappa shape index (κ3) is 1.82. The standard InChI is InChI=1S/C17H21N3/c18-9-16-12(1-2-20-17(16)19)8-15-13-4-10-3-11(6-13)7-14(15)5-10/h1-2,10-11,13-15H,3-8H2,(H2,19,20). The summed E-state index contributed by atoms with van der Waals surface area (Å²) in [5, 5.41) is 9.31. The monoisotopic (exact) mass is 267 g/mol. The third-order valence-corrected chi connectivity index (χ3v) is 6.06. The van der Waals surface area contributed by atoms with E-state index in [2.05, 4.69) is 11.1 Å². The first kappa shape index (κ1) is 12.2. The molecule has 0 saturated heterocycles. The van der Waals surface area contributed by atoms with Crippen LogP contribution in [0.15, 0.2) is 12.3 Å². The summed E-state index contributed by atoms with van der Waals surface area (Å²) in [6, 6.07) is 4.25. The van der Waals surface area contributed by atoms with Crippen molar-refractivity contribution in [2.45, 2.75) is 38.5 Å². The predicted octanol–water partition coefficient (Wildman–Crippen LogP) is 3.15. The van der Waals surface area contributed by atoms with Crippen LogP contribution in [-0.4, -0.2) is 4.98 Å². The largest absolute Gasteiger partial charge is 0.383 e. The van der Waals surface area contributed by atoms with Gasteiger partial charge in [0, 0.05) is 6.20 Å². The second-order valence-electron chi connectivity index (χ2n) is 7.14. The Morgan fingerprint density at radius 1 is 1.15 bits per heavy atom. The number of nitriles is 1. The van der Waals surface area contributed by atoms with Crippen LogP contribution in [0.5, 0.6) is 0 Å². The van der Waals surface area contributed by atoms with Crippen LogP contribution in [0.3, 0.4) is 0 Å². The Morgan fingerprint density at radius 3 is 2.40 bits per heavy atom. The highest BCUT2D eigenvalue weighted by atomic mass is 14.8. The Hall–Kier alpha value is -1.56. The van der Waals surface area contributed by atoms with E-state index in [1.807, 2.05) is 6.07 Å². The van der Waals surface area contributed by atoms with Crippen molar-refractivity contribution in [2.24, 2.45) is 29.6 Å². The minimum absolute atomic E-state index is 0.397. The molecule has 20 heavy (non-hydrogen) atoms. The maximum absolute atomic E-state index is 9.31. The van der Waals surface area contributed by atoms with Gasteiger partial charge in [0.15, 0.2) is 0 Å². The Morgan fingerprint density at radius 2 is 1.80 bits per heavy atom. The maximum atomic E-state index is 9.31. The van der Waals surface area contributed by atoms with E-state index in [4.69, 9.17) is 5.73 Å². The quantitative estimate of drug-likeness (QED) is 0.895. The molecule has 1 aromatic heterocycles. The number of nitrogens with zero attached hydrogens (tertiary/aromatic N) is 2. The fourth-order valence-electron chi connectivity index (χ4n) is 5.44. The lowest BCUT2D eigenvalue weighted by Gasteiger charge is -2.54. The van der Waals surface area contributed by atoms with Gasteiger partial charge in [-0.3, -0.25) is 0 Å². The molecule has 0 unspecified atom stereocenters. The molecule has 4 fully saturated rings. The van der Waals surface area contributed by atoms with E-state index in [-0.39, 0.29) is 0 Å². The lowest BCUT2D eigenvalue weighted by Crippen LogP contribution is -2.45. The van der Waals surface area contributed by atoms with Gasteiger partial charge in [0.05, 0.1) is 5.56 Å². The molecule has 1 heterocycles. The zero-order valence-corrected chi connectivity index (χ0v) is 11.8. The molecule has 4 saturated carbocycles. The molecule has 5 rings (SSSR count). The number of aromatic nitrogens is 1. The number of nitrogen functional groups attached to an aromatic ring is 1. The van der Waals surface area contributed by atoms with Gasteiger partial charge in [0.2, 0.25) is 0 Å². The summed E-state index contributed by atoms with van der Waals surface area (Å²) < 4.78 is 0. The van der Waals surface area contributed by atoms with Gasteiger partial charge in [0.1, 0.15) is 11.9 Å². The summed E-state index contributed by atoms with van der Waals surface area (Å²) in [6.07, 6.45) is 10.00. The van der Waals surface area contributed by atoms with Crippen molar-refractivity contribution in [2.75, 3.05) is 5.73 Å². The summed E-state index contributed by atoms with van der Waals surface area (Å²) in [7, 11) is 0. The molecule has 4 aliphatic carbocycles. The zero-order chi connectivity index (χ0) is 13.7. The average Bonchev–Trinajstić information content (AvgIpc) is 2.42. The molecular weight excluding hydrogens is 246 g/mol. The topological polar surface area (TPSA) is 62.7 Å². The molecule has 0 spiro atoms. The van der Waals surface area contributed by atoms with Crippen molar-refractivity contribution in [3.63, 3.8) is 0 Å². The van der Waals surface area contributed by atoms with E-state index in [1.54, 1.807) is 6.20 Å². The number of hydrogen-bond donors (Lipinski definition) is 1. The fraction of sp³-hybridized carbons (Fsp3) is 0.647. The Kier molecular flexibility index (Phi) is 2.73. The van der Waals surface area contributed by atoms with Crippen molar-refractivity contribution < 1.29 is 0 Å². The molecule has 0 amide bonds. The molecule has 1 aromatic rings. The molecule has 0 radical (unpaired) electrons. The van der Waals surface area contributed by atoms with Crippen LogP contribution in [0.25, 0.3) is 0 Å². The smallest absolute Gasteiger partial charge is 0.141 e. The van der Waals surface area contributed by atoms with Crippen molar-refractivity contribution in [3.8, 4) is 6.07 Å². The highest BCUT2D eigenvalue weighted by Gasteiger charge is 2.47. The Labute approximate surface area is 120 Å². The molecule has 0 aromatic carbocycles. The molecule has 104 valence electrons. The summed E-state index contributed by atoms with van der Waals surface area (Å²) in [6.45, 7) is 0. The van der Waals surface area contributed by atoms with Gasteiger partial charge in [0.25, 0.3) is 0 Å². The van der Waals surface area contributed by atoms with Crippen LogP contribution in [0.4, 0.5) is 5.82 Å². The normalized spacial score (nSPS) is 37.9. The zero-order valence-electron chi connectivity index (χ0n) is 11.8. The molecule has 0 atom stereocenters. The molecule has 3 nitrogen and oxygen atoms in total. The van der Waals surface area contributed by atoms with Crippen LogP contribution >= 0.6 is 0 Å². The molecular formula is C17H21N3. The molecule has 3 heteroatoms. The second-order valence-corrected chi connectivity index (χ2v) is 7.14. The summed E-state index contributed by atoms with van der Waals surface area (Å²) in [4.78, 5) is 4.05. The third-order valence-electron chi connectivity index (χ3n) is 6.06. The van der Waals surface area contributed by atoms with Crippen molar-refractivity contribution >= 4 is 5.82 Å². The molecule has 2 N–H and O–H groups in total. The van der Waals surface area contributed by atoms with Gasteiger partial charge >= 0.3 is 0 Å². The number of pyridine rings is 1. The SMILES string of the molecule is N#Cc1c(CC2C3CC4CC(C3)CC2C4)ccnc1N. The van der Waals surface area contributed by atoms with Crippen molar-refractivity contribution in [1.29, 1.82) is 5.26 Å². The van der Waals surface area contributed by atoms with Crippen LogP contribution < -0.4 is 5.73 Å². The van der Waals surface area contributed by atoms with E-state index in [0.717, 1.165) is 41.6 Å². The Balaban J connectivity index is 1.61. The second kappa shape index (κ2) is 4.48. The van der Waals surface area contributed by atoms with E-state index in [0.29, 0.717) is 11.4 Å². The van der Waals surface area contributed by atoms with Gasteiger partial charge in [-0.2, -0.15) is 5.26 Å². The lowest BCUT2D eigenvalue weighted by molar-refractivity contribution is -0.0360. The van der Waals surface area contributed by atoms with Crippen LogP contribution in [0.2, 0.25) is 0 Å². The maximum Gasteiger partial charge on any atom is 0.141 e. The first-order valence-electron chi connectivity index (χ1n) is 7.88. The van der Waals surface area contributed by atoms with E-state index >= 15 is 0 Å². The minimum Gasteiger partial charge on any atom is -0.383 e. The van der Waals surface area contributed by atoms with Gasteiger partial charge in [-0.05, 0) is 79.7 Å². The molecule has 4 aliphatic rings.